The van der Waals surface area contributed by atoms with Gasteiger partial charge in [-0.15, -0.1) is 0 Å². The molecule has 0 aliphatic rings. The second-order valence-electron chi connectivity index (χ2n) is 7.76. The molecule has 3 atom stereocenters. The van der Waals surface area contributed by atoms with Crippen LogP contribution in [0.4, 0.5) is 0 Å². The van der Waals surface area contributed by atoms with Crippen molar-refractivity contribution < 1.29 is 29.0 Å². The van der Waals surface area contributed by atoms with Crippen LogP contribution in [0.3, 0.4) is 0 Å². The van der Waals surface area contributed by atoms with E-state index in [4.69, 9.17) is 10.5 Å². The van der Waals surface area contributed by atoms with E-state index in [1.165, 1.54) is 26.2 Å². The van der Waals surface area contributed by atoms with Gasteiger partial charge < -0.3 is 31.5 Å². The summed E-state index contributed by atoms with van der Waals surface area (Å²) in [5, 5.41) is 16.8. The van der Waals surface area contributed by atoms with Crippen molar-refractivity contribution in [2.45, 2.75) is 37.9 Å². The van der Waals surface area contributed by atoms with Crippen LogP contribution in [0, 0.1) is 0 Å². The molecule has 0 heterocycles. The van der Waals surface area contributed by atoms with E-state index in [0.717, 1.165) is 11.1 Å². The van der Waals surface area contributed by atoms with Gasteiger partial charge in [0.2, 0.25) is 17.7 Å². The van der Waals surface area contributed by atoms with E-state index in [9.17, 15) is 24.3 Å². The monoisotopic (exact) mass is 470 g/mol. The summed E-state index contributed by atoms with van der Waals surface area (Å²) in [5.74, 6) is -2.20. The number of esters is 1. The lowest BCUT2D eigenvalue weighted by atomic mass is 10.1. The fourth-order valence-corrected chi connectivity index (χ4v) is 3.12. The van der Waals surface area contributed by atoms with Crippen molar-refractivity contribution in [3.63, 3.8) is 0 Å². The van der Waals surface area contributed by atoms with E-state index >= 15 is 0 Å². The van der Waals surface area contributed by atoms with Crippen LogP contribution in [0.2, 0.25) is 0 Å². The Bertz CT molecular complexity index is 981. The number of benzene rings is 2. The summed E-state index contributed by atoms with van der Waals surface area (Å²) in [4.78, 5) is 48.9. The van der Waals surface area contributed by atoms with Crippen LogP contribution in [0.1, 0.15) is 18.1 Å². The highest BCUT2D eigenvalue weighted by Gasteiger charge is 2.24. The van der Waals surface area contributed by atoms with Gasteiger partial charge in [-0.05, 0) is 36.6 Å². The Kier molecular flexibility index (Phi) is 10.0. The minimum Gasteiger partial charge on any atom is -0.508 e. The molecular weight excluding hydrogens is 440 g/mol. The van der Waals surface area contributed by atoms with Crippen LogP contribution in [0.15, 0.2) is 54.6 Å². The van der Waals surface area contributed by atoms with Gasteiger partial charge in [-0.25, -0.2) is 4.79 Å². The molecule has 0 aromatic heterocycles. The highest BCUT2D eigenvalue weighted by molar-refractivity contribution is 5.92. The van der Waals surface area contributed by atoms with Crippen LogP contribution in [-0.2, 0) is 36.8 Å². The third-order valence-electron chi connectivity index (χ3n) is 5.01. The first-order chi connectivity index (χ1) is 16.2. The molecule has 0 saturated carbocycles. The average Bonchev–Trinajstić information content (AvgIpc) is 2.83. The zero-order chi connectivity index (χ0) is 25.1. The molecule has 3 amide bonds. The minimum absolute atomic E-state index is 0.106. The fraction of sp³-hybridized carbons (Fsp3) is 0.333. The summed E-state index contributed by atoms with van der Waals surface area (Å²) in [5.41, 5.74) is 7.49. The number of carbonyl (C=O) groups excluding carboxylic acids is 4. The van der Waals surface area contributed by atoms with Crippen LogP contribution < -0.4 is 21.7 Å². The minimum atomic E-state index is -0.938. The van der Waals surface area contributed by atoms with Gasteiger partial charge in [-0.1, -0.05) is 42.5 Å². The highest BCUT2D eigenvalue weighted by atomic mass is 16.5. The normalized spacial score (nSPS) is 13.1. The number of amides is 3. The summed E-state index contributed by atoms with van der Waals surface area (Å²) in [7, 11) is 1.23. The third kappa shape index (κ3) is 8.55. The molecule has 0 unspecified atom stereocenters. The maximum absolute atomic E-state index is 12.3. The van der Waals surface area contributed by atoms with Crippen molar-refractivity contribution in [3.8, 4) is 5.75 Å². The molecular formula is C24H30N4O6. The number of ether oxygens (including phenoxy) is 1. The van der Waals surface area contributed by atoms with E-state index in [1.54, 1.807) is 12.1 Å². The second-order valence-corrected chi connectivity index (χ2v) is 7.76. The summed E-state index contributed by atoms with van der Waals surface area (Å²) in [6, 6.07) is 12.6. The zero-order valence-electron chi connectivity index (χ0n) is 19.1. The van der Waals surface area contributed by atoms with Gasteiger partial charge in [0.1, 0.15) is 17.8 Å². The van der Waals surface area contributed by atoms with Crippen molar-refractivity contribution in [1.82, 2.24) is 16.0 Å². The van der Waals surface area contributed by atoms with Crippen molar-refractivity contribution in [3.05, 3.63) is 65.7 Å². The number of rotatable bonds is 11. The van der Waals surface area contributed by atoms with Gasteiger partial charge in [0.05, 0.1) is 19.7 Å². The smallest absolute Gasteiger partial charge is 0.328 e. The number of phenols is 1. The molecule has 2 aromatic rings. The van der Waals surface area contributed by atoms with E-state index in [1.807, 2.05) is 30.3 Å². The predicted molar refractivity (Wildman–Crippen MR) is 124 cm³/mol. The van der Waals surface area contributed by atoms with Crippen molar-refractivity contribution in [2.24, 2.45) is 5.73 Å². The maximum atomic E-state index is 12.3. The summed E-state index contributed by atoms with van der Waals surface area (Å²) >= 11 is 0. The Morgan fingerprint density at radius 3 is 2.15 bits per heavy atom. The lowest BCUT2D eigenvalue weighted by molar-refractivity contribution is -0.145. The largest absolute Gasteiger partial charge is 0.508 e. The summed E-state index contributed by atoms with van der Waals surface area (Å²) in [6.45, 7) is 1.08. The number of hydrogen-bond donors (Lipinski definition) is 5. The maximum Gasteiger partial charge on any atom is 0.328 e. The summed E-state index contributed by atoms with van der Waals surface area (Å²) < 4.78 is 4.75. The van der Waals surface area contributed by atoms with Crippen LogP contribution in [0.25, 0.3) is 0 Å². The fourth-order valence-electron chi connectivity index (χ4n) is 3.12. The molecule has 182 valence electrons. The Labute approximate surface area is 197 Å². The van der Waals surface area contributed by atoms with Gasteiger partial charge in [-0.3, -0.25) is 14.4 Å². The first kappa shape index (κ1) is 26.3. The second kappa shape index (κ2) is 12.9. The topological polar surface area (TPSA) is 160 Å². The molecule has 10 nitrogen and oxygen atoms in total. The lowest BCUT2D eigenvalue weighted by Crippen LogP contribution is -2.53. The van der Waals surface area contributed by atoms with Crippen molar-refractivity contribution in [2.75, 3.05) is 13.7 Å². The zero-order valence-corrected chi connectivity index (χ0v) is 19.1. The van der Waals surface area contributed by atoms with Gasteiger partial charge in [-0.2, -0.15) is 0 Å². The van der Waals surface area contributed by atoms with E-state index in [0.29, 0.717) is 0 Å². The molecule has 6 N–H and O–H groups in total. The molecule has 34 heavy (non-hydrogen) atoms. The van der Waals surface area contributed by atoms with Gasteiger partial charge in [0, 0.05) is 6.42 Å². The number of carbonyl (C=O) groups is 4. The van der Waals surface area contributed by atoms with Gasteiger partial charge >= 0.3 is 5.97 Å². The molecule has 10 heteroatoms. The van der Waals surface area contributed by atoms with Crippen LogP contribution >= 0.6 is 0 Å². The van der Waals surface area contributed by atoms with Crippen LogP contribution in [-0.4, -0.2) is 60.6 Å². The first-order valence-electron chi connectivity index (χ1n) is 10.7. The number of hydrogen-bond acceptors (Lipinski definition) is 7. The van der Waals surface area contributed by atoms with Gasteiger partial charge in [0.25, 0.3) is 0 Å². The molecule has 0 fully saturated rings. The Hall–Kier alpha value is -3.92. The Morgan fingerprint density at radius 2 is 1.53 bits per heavy atom. The highest BCUT2D eigenvalue weighted by Crippen LogP contribution is 2.11. The van der Waals surface area contributed by atoms with Crippen molar-refractivity contribution in [1.29, 1.82) is 0 Å². The molecule has 0 spiro atoms. The molecule has 0 saturated heterocycles. The molecule has 0 aliphatic carbocycles. The lowest BCUT2D eigenvalue weighted by Gasteiger charge is -2.19. The number of nitrogens with two attached hydrogens (primary N) is 1. The predicted octanol–water partition coefficient (Wildman–Crippen LogP) is -0.217. The molecule has 2 rings (SSSR count). The quantitative estimate of drug-likeness (QED) is 0.284. The number of aromatic hydroxyl groups is 1. The van der Waals surface area contributed by atoms with Gasteiger partial charge in [0.15, 0.2) is 0 Å². The van der Waals surface area contributed by atoms with E-state index in [2.05, 4.69) is 16.0 Å². The van der Waals surface area contributed by atoms with Crippen LogP contribution in [0.5, 0.6) is 5.75 Å². The van der Waals surface area contributed by atoms with E-state index in [-0.39, 0.29) is 25.1 Å². The number of phenolic OH excluding ortho intramolecular Hbond substituents is 1. The number of nitrogens with one attached hydrogen (secondary N) is 3. The molecule has 0 bridgehead atoms. The Morgan fingerprint density at radius 1 is 0.912 bits per heavy atom. The van der Waals surface area contributed by atoms with Crippen molar-refractivity contribution >= 4 is 23.7 Å². The van der Waals surface area contributed by atoms with E-state index < -0.39 is 41.8 Å². The SMILES string of the molecule is COC(=O)[C@@H](Cc1ccccc1)NC(=O)CNC(=O)[C@H](C)NC(=O)[C@H](N)Cc1ccc(O)cc1. The standard InChI is InChI=1S/C24H30N4O6/c1-15(27-23(32)19(25)12-17-8-10-18(29)11-9-17)22(31)26-14-21(30)28-20(24(33)34-2)13-16-6-4-3-5-7-16/h3-11,15,19-20,29H,12-14,25H2,1-2H3,(H,26,31)(H,27,32)(H,28,30)/t15-,19+,20+/m0/s1. The molecule has 0 aliphatic heterocycles. The Balaban J connectivity index is 1.81. The number of methoxy groups -OCH3 is 1. The third-order valence-corrected chi connectivity index (χ3v) is 5.01. The molecule has 0 radical (unpaired) electrons. The average molecular weight is 471 g/mol. The first-order valence-corrected chi connectivity index (χ1v) is 10.7. The molecule has 2 aromatic carbocycles. The summed E-state index contributed by atoms with van der Waals surface area (Å²) in [6.07, 6.45) is 0.456.